The van der Waals surface area contributed by atoms with Gasteiger partial charge in [-0.1, -0.05) is 19.1 Å². The summed E-state index contributed by atoms with van der Waals surface area (Å²) in [6.45, 7) is 2.29. The number of nitriles is 1. The Morgan fingerprint density at radius 1 is 1.27 bits per heavy atom. The standard InChI is InChI=1S/C21H21N5O3.ClH/c1-2-20(13-22)10-12-26(17(20)27)16-7-11-23-19(25-16)24-15-5-3-14(4-6-15)21(8-9-21)18(28)29;/h3-7,11H,2,8-10,12H2,1H3,(H,28,29)(H,23,24,25);1H/t20-;/m1./s1. The number of aromatic nitrogens is 2. The van der Waals surface area contributed by atoms with Crippen molar-refractivity contribution in [3.63, 3.8) is 0 Å². The van der Waals surface area contributed by atoms with Crippen LogP contribution in [0.5, 0.6) is 0 Å². The van der Waals surface area contributed by atoms with Crippen LogP contribution in [-0.4, -0.2) is 33.5 Å². The number of carbonyl (C=O) groups is 2. The van der Waals surface area contributed by atoms with E-state index < -0.39 is 16.8 Å². The summed E-state index contributed by atoms with van der Waals surface area (Å²) in [5, 5.41) is 21.9. The van der Waals surface area contributed by atoms with Gasteiger partial charge in [-0.05, 0) is 49.4 Å². The van der Waals surface area contributed by atoms with Crippen molar-refractivity contribution in [2.24, 2.45) is 5.41 Å². The maximum Gasteiger partial charge on any atom is 0.314 e. The van der Waals surface area contributed by atoms with E-state index in [1.807, 2.05) is 6.92 Å². The maximum atomic E-state index is 12.7. The first-order valence-electron chi connectivity index (χ1n) is 9.61. The third-order valence-corrected chi connectivity index (χ3v) is 6.00. The minimum Gasteiger partial charge on any atom is -0.481 e. The third kappa shape index (κ3) is 3.46. The van der Waals surface area contributed by atoms with E-state index in [0.29, 0.717) is 44.0 Å². The van der Waals surface area contributed by atoms with Crippen molar-refractivity contribution >= 4 is 41.7 Å². The second-order valence-corrected chi connectivity index (χ2v) is 7.58. The van der Waals surface area contributed by atoms with E-state index in [9.17, 15) is 20.0 Å². The van der Waals surface area contributed by atoms with Crippen LogP contribution in [0.25, 0.3) is 0 Å². The summed E-state index contributed by atoms with van der Waals surface area (Å²) in [4.78, 5) is 34.3. The van der Waals surface area contributed by atoms with Crippen LogP contribution in [0.1, 0.15) is 38.2 Å². The molecule has 156 valence electrons. The Kier molecular flexibility index (Phi) is 5.68. The fourth-order valence-electron chi connectivity index (χ4n) is 3.81. The first kappa shape index (κ1) is 21.5. The Balaban J connectivity index is 0.00000256. The van der Waals surface area contributed by atoms with Gasteiger partial charge < -0.3 is 10.4 Å². The highest BCUT2D eigenvalue weighted by atomic mass is 35.5. The average Bonchev–Trinajstić information content (AvgIpc) is 3.48. The fraction of sp³-hybridized carbons (Fsp3) is 0.381. The van der Waals surface area contributed by atoms with Gasteiger partial charge in [0, 0.05) is 18.4 Å². The molecule has 1 aromatic heterocycles. The predicted octanol–water partition coefficient (Wildman–Crippen LogP) is 3.41. The highest BCUT2D eigenvalue weighted by Crippen LogP contribution is 2.48. The molecule has 2 heterocycles. The van der Waals surface area contributed by atoms with E-state index >= 15 is 0 Å². The van der Waals surface area contributed by atoms with Crippen molar-refractivity contribution in [2.75, 3.05) is 16.8 Å². The number of carbonyl (C=O) groups excluding carboxylic acids is 1. The van der Waals surface area contributed by atoms with Crippen molar-refractivity contribution in [3.05, 3.63) is 42.1 Å². The van der Waals surface area contributed by atoms with Gasteiger partial charge in [-0.2, -0.15) is 10.2 Å². The molecule has 1 saturated heterocycles. The van der Waals surface area contributed by atoms with Crippen molar-refractivity contribution in [3.8, 4) is 6.07 Å². The van der Waals surface area contributed by atoms with Gasteiger partial charge in [0.15, 0.2) is 0 Å². The number of hydrogen-bond donors (Lipinski definition) is 2. The number of aliphatic carboxylic acids is 1. The molecule has 0 bridgehead atoms. The molecule has 1 aliphatic heterocycles. The van der Waals surface area contributed by atoms with Gasteiger partial charge in [0.1, 0.15) is 11.2 Å². The van der Waals surface area contributed by atoms with Gasteiger partial charge in [-0.15, -0.1) is 12.4 Å². The first-order valence-corrected chi connectivity index (χ1v) is 9.61. The summed E-state index contributed by atoms with van der Waals surface area (Å²) in [7, 11) is 0. The summed E-state index contributed by atoms with van der Waals surface area (Å²) >= 11 is 0. The number of nitrogens with zero attached hydrogens (tertiary/aromatic N) is 4. The van der Waals surface area contributed by atoms with Crippen LogP contribution in [0.2, 0.25) is 0 Å². The van der Waals surface area contributed by atoms with Crippen molar-refractivity contribution in [1.29, 1.82) is 5.26 Å². The zero-order valence-corrected chi connectivity index (χ0v) is 17.3. The Morgan fingerprint density at radius 2 is 1.97 bits per heavy atom. The molecule has 2 N–H and O–H groups in total. The molecular formula is C21H22ClN5O3. The molecule has 1 aliphatic carbocycles. The van der Waals surface area contributed by atoms with Gasteiger partial charge >= 0.3 is 5.97 Å². The lowest BCUT2D eigenvalue weighted by molar-refractivity contribution is -0.140. The zero-order chi connectivity index (χ0) is 20.6. The lowest BCUT2D eigenvalue weighted by atomic mass is 9.85. The van der Waals surface area contributed by atoms with Crippen LogP contribution < -0.4 is 10.2 Å². The van der Waals surface area contributed by atoms with E-state index in [-0.39, 0.29) is 18.3 Å². The van der Waals surface area contributed by atoms with Gasteiger partial charge in [-0.3, -0.25) is 14.5 Å². The molecule has 2 aromatic rings. The number of anilines is 3. The van der Waals surface area contributed by atoms with E-state index in [0.717, 1.165) is 11.3 Å². The first-order chi connectivity index (χ1) is 13.9. The maximum absolute atomic E-state index is 12.7. The number of hydrogen-bond acceptors (Lipinski definition) is 6. The summed E-state index contributed by atoms with van der Waals surface area (Å²) in [6, 6.07) is 11.0. The van der Waals surface area contributed by atoms with Gasteiger partial charge in [0.05, 0.1) is 11.5 Å². The molecule has 0 unspecified atom stereocenters. The Hall–Kier alpha value is -3.18. The van der Waals surface area contributed by atoms with Crippen molar-refractivity contribution in [2.45, 2.75) is 38.0 Å². The summed E-state index contributed by atoms with van der Waals surface area (Å²) in [5.41, 5.74) is -0.199. The van der Waals surface area contributed by atoms with Crippen LogP contribution in [0.15, 0.2) is 36.5 Å². The minimum absolute atomic E-state index is 0. The van der Waals surface area contributed by atoms with Gasteiger partial charge in [0.25, 0.3) is 0 Å². The number of carboxylic acid groups (broad SMARTS) is 1. The van der Waals surface area contributed by atoms with Crippen molar-refractivity contribution < 1.29 is 14.7 Å². The number of nitrogens with one attached hydrogen (secondary N) is 1. The number of halogens is 1. The number of benzene rings is 1. The second kappa shape index (κ2) is 7.92. The molecule has 4 rings (SSSR count). The van der Waals surface area contributed by atoms with Crippen LogP contribution in [0, 0.1) is 16.7 Å². The summed E-state index contributed by atoms with van der Waals surface area (Å²) < 4.78 is 0. The normalized spacial score (nSPS) is 21.5. The zero-order valence-electron chi connectivity index (χ0n) is 16.5. The van der Waals surface area contributed by atoms with E-state index in [4.69, 9.17) is 0 Å². The molecule has 1 amide bonds. The predicted molar refractivity (Wildman–Crippen MR) is 113 cm³/mol. The highest BCUT2D eigenvalue weighted by molar-refractivity contribution is 6.01. The SMILES string of the molecule is CC[C@]1(C#N)CCN(c2ccnc(Nc3ccc(C4(C(=O)O)CC4)cc3)n2)C1=O.Cl. The molecule has 1 atom stereocenters. The van der Waals surface area contributed by atoms with Crippen molar-refractivity contribution in [1.82, 2.24) is 9.97 Å². The van der Waals surface area contributed by atoms with Crippen LogP contribution in [0.3, 0.4) is 0 Å². The molecule has 2 fully saturated rings. The molecule has 1 aromatic carbocycles. The Labute approximate surface area is 180 Å². The Morgan fingerprint density at radius 3 is 2.50 bits per heavy atom. The quantitative estimate of drug-likeness (QED) is 0.724. The van der Waals surface area contributed by atoms with Crippen LogP contribution >= 0.6 is 12.4 Å². The molecule has 0 spiro atoms. The highest BCUT2D eigenvalue weighted by Gasteiger charge is 2.51. The van der Waals surface area contributed by atoms with E-state index in [1.165, 1.54) is 4.90 Å². The monoisotopic (exact) mass is 427 g/mol. The van der Waals surface area contributed by atoms with Crippen LogP contribution in [-0.2, 0) is 15.0 Å². The fourth-order valence-corrected chi connectivity index (χ4v) is 3.81. The largest absolute Gasteiger partial charge is 0.481 e. The number of carboxylic acids is 1. The molecule has 1 saturated carbocycles. The second-order valence-electron chi connectivity index (χ2n) is 7.58. The summed E-state index contributed by atoms with van der Waals surface area (Å²) in [6.07, 6.45) is 3.84. The average molecular weight is 428 g/mol. The van der Waals surface area contributed by atoms with Crippen LogP contribution in [0.4, 0.5) is 17.5 Å². The molecular weight excluding hydrogens is 406 g/mol. The lowest BCUT2D eigenvalue weighted by Gasteiger charge is -2.19. The van der Waals surface area contributed by atoms with E-state index in [1.54, 1.807) is 36.5 Å². The third-order valence-electron chi connectivity index (χ3n) is 6.00. The number of amides is 1. The molecule has 9 heteroatoms. The molecule has 30 heavy (non-hydrogen) atoms. The smallest absolute Gasteiger partial charge is 0.314 e. The summed E-state index contributed by atoms with van der Waals surface area (Å²) in [5.74, 6) is -0.226. The molecule has 8 nitrogen and oxygen atoms in total. The topological polar surface area (TPSA) is 119 Å². The Bertz CT molecular complexity index is 1020. The minimum atomic E-state index is -0.975. The molecule has 0 radical (unpaired) electrons. The lowest BCUT2D eigenvalue weighted by Crippen LogP contribution is -2.33. The molecule has 2 aliphatic rings. The van der Waals surface area contributed by atoms with Gasteiger partial charge in [-0.25, -0.2) is 4.98 Å². The van der Waals surface area contributed by atoms with E-state index in [2.05, 4.69) is 21.4 Å². The van der Waals surface area contributed by atoms with Gasteiger partial charge in [0.2, 0.25) is 11.9 Å². The number of rotatable bonds is 6.